The predicted molar refractivity (Wildman–Crippen MR) is 91.6 cm³/mol. The Morgan fingerprint density at radius 2 is 2.09 bits per heavy atom. The number of nitrogens with one attached hydrogen (secondary N) is 1. The van der Waals surface area contributed by atoms with Crippen LogP contribution in [0.2, 0.25) is 0 Å². The highest BCUT2D eigenvalue weighted by molar-refractivity contribution is 9.10. The first-order valence-electron chi connectivity index (χ1n) is 6.51. The van der Waals surface area contributed by atoms with Crippen LogP contribution in [0.5, 0.6) is 5.75 Å². The lowest BCUT2D eigenvalue weighted by atomic mass is 10.1. The van der Waals surface area contributed by atoms with Gasteiger partial charge in [0.15, 0.2) is 0 Å². The van der Waals surface area contributed by atoms with E-state index in [1.807, 2.05) is 0 Å². The normalized spacial score (nSPS) is 11.8. The maximum Gasteiger partial charge on any atom is 0.255 e. The first-order chi connectivity index (χ1) is 11.0. The lowest BCUT2D eigenvalue weighted by Gasteiger charge is -2.11. The third kappa shape index (κ3) is 4.17. The molecule has 0 aliphatic rings. The molecule has 0 aliphatic heterocycles. The monoisotopic (exact) mass is 398 g/mol. The summed E-state index contributed by atoms with van der Waals surface area (Å²) in [6.07, 6.45) is 0. The van der Waals surface area contributed by atoms with Crippen LogP contribution in [-0.4, -0.2) is 22.3 Å². The third-order valence-electron chi connectivity index (χ3n) is 3.12. The SMILES string of the molecule is COc1cc(NC(=O)c2ccc(Br)c(CO)c2)ccc1S(N)=O. The van der Waals surface area contributed by atoms with E-state index in [0.29, 0.717) is 27.5 Å². The molecule has 6 nitrogen and oxygen atoms in total. The number of benzene rings is 2. The summed E-state index contributed by atoms with van der Waals surface area (Å²) in [6.45, 7) is -0.174. The van der Waals surface area contributed by atoms with Gasteiger partial charge < -0.3 is 15.2 Å². The molecule has 0 saturated heterocycles. The highest BCUT2D eigenvalue weighted by Crippen LogP contribution is 2.25. The molecule has 8 heteroatoms. The van der Waals surface area contributed by atoms with Crippen molar-refractivity contribution in [1.29, 1.82) is 0 Å². The van der Waals surface area contributed by atoms with Gasteiger partial charge in [-0.25, -0.2) is 9.35 Å². The molecule has 0 radical (unpaired) electrons. The van der Waals surface area contributed by atoms with Crippen LogP contribution in [-0.2, 0) is 17.6 Å². The highest BCUT2D eigenvalue weighted by atomic mass is 79.9. The van der Waals surface area contributed by atoms with Crippen LogP contribution in [0.15, 0.2) is 45.8 Å². The molecular formula is C15H15BrN2O4S. The number of aliphatic hydroxyl groups excluding tert-OH is 1. The fraction of sp³-hybridized carbons (Fsp3) is 0.133. The van der Waals surface area contributed by atoms with Gasteiger partial charge in [-0.2, -0.15) is 0 Å². The van der Waals surface area contributed by atoms with Gasteiger partial charge >= 0.3 is 0 Å². The average Bonchev–Trinajstić information content (AvgIpc) is 2.54. The molecule has 2 aromatic carbocycles. The van der Waals surface area contributed by atoms with Crippen molar-refractivity contribution in [2.24, 2.45) is 5.14 Å². The number of halogens is 1. The third-order valence-corrected chi connectivity index (χ3v) is 4.66. The molecule has 0 heterocycles. The topological polar surface area (TPSA) is 102 Å². The summed E-state index contributed by atoms with van der Waals surface area (Å²) >= 11 is 3.30. The number of carbonyl (C=O) groups is 1. The number of hydrogen-bond donors (Lipinski definition) is 3. The van der Waals surface area contributed by atoms with E-state index in [9.17, 15) is 14.1 Å². The van der Waals surface area contributed by atoms with Crippen molar-refractivity contribution in [2.75, 3.05) is 12.4 Å². The van der Waals surface area contributed by atoms with E-state index in [4.69, 9.17) is 9.88 Å². The summed E-state index contributed by atoms with van der Waals surface area (Å²) < 4.78 is 17.2. The molecule has 0 fully saturated rings. The van der Waals surface area contributed by atoms with Crippen molar-refractivity contribution in [3.05, 3.63) is 52.0 Å². The summed E-state index contributed by atoms with van der Waals surface area (Å²) in [5, 5.41) is 17.3. The smallest absolute Gasteiger partial charge is 0.255 e. The van der Waals surface area contributed by atoms with Crippen molar-refractivity contribution in [3.8, 4) is 5.75 Å². The van der Waals surface area contributed by atoms with E-state index in [1.165, 1.54) is 13.2 Å². The van der Waals surface area contributed by atoms with Crippen LogP contribution < -0.4 is 15.2 Å². The molecule has 1 amide bonds. The summed E-state index contributed by atoms with van der Waals surface area (Å²) in [5.74, 6) is -0.00800. The molecule has 2 rings (SSSR count). The lowest BCUT2D eigenvalue weighted by molar-refractivity contribution is 0.102. The maximum atomic E-state index is 12.3. The first-order valence-corrected chi connectivity index (χ1v) is 8.51. The van der Waals surface area contributed by atoms with Crippen molar-refractivity contribution < 1.29 is 18.8 Å². The maximum absolute atomic E-state index is 12.3. The number of ether oxygens (including phenoxy) is 1. The molecule has 0 bridgehead atoms. The molecule has 2 aromatic rings. The molecule has 23 heavy (non-hydrogen) atoms. The molecular weight excluding hydrogens is 384 g/mol. The fourth-order valence-electron chi connectivity index (χ4n) is 1.95. The van der Waals surface area contributed by atoms with E-state index < -0.39 is 11.0 Å². The first kappa shape index (κ1) is 17.6. The summed E-state index contributed by atoms with van der Waals surface area (Å²) in [5.41, 5.74) is 1.50. The largest absolute Gasteiger partial charge is 0.495 e. The van der Waals surface area contributed by atoms with Crippen LogP contribution in [0.1, 0.15) is 15.9 Å². The average molecular weight is 399 g/mol. The molecule has 1 atom stereocenters. The van der Waals surface area contributed by atoms with Gasteiger partial charge in [-0.3, -0.25) is 4.79 Å². The van der Waals surface area contributed by atoms with Crippen molar-refractivity contribution in [1.82, 2.24) is 0 Å². The van der Waals surface area contributed by atoms with Gasteiger partial charge in [-0.15, -0.1) is 0 Å². The number of aliphatic hydroxyl groups is 1. The zero-order valence-electron chi connectivity index (χ0n) is 12.2. The van der Waals surface area contributed by atoms with Gasteiger partial charge in [0.2, 0.25) is 0 Å². The number of anilines is 1. The van der Waals surface area contributed by atoms with Crippen molar-refractivity contribution in [3.63, 3.8) is 0 Å². The Balaban J connectivity index is 2.25. The van der Waals surface area contributed by atoms with Gasteiger partial charge in [0.1, 0.15) is 16.7 Å². The minimum absolute atomic E-state index is 0.174. The summed E-state index contributed by atoms with van der Waals surface area (Å²) in [7, 11) is -0.245. The Hall–Kier alpha value is -1.74. The van der Waals surface area contributed by atoms with Gasteiger partial charge in [0, 0.05) is 21.8 Å². The number of nitrogens with two attached hydrogens (primary N) is 1. The van der Waals surface area contributed by atoms with E-state index in [0.717, 1.165) is 4.47 Å². The van der Waals surface area contributed by atoms with Crippen LogP contribution in [0.3, 0.4) is 0 Å². The number of carbonyl (C=O) groups excluding carboxylic acids is 1. The zero-order chi connectivity index (χ0) is 17.0. The van der Waals surface area contributed by atoms with Crippen LogP contribution in [0.25, 0.3) is 0 Å². The molecule has 0 aliphatic carbocycles. The molecule has 122 valence electrons. The van der Waals surface area contributed by atoms with Gasteiger partial charge in [-0.05, 0) is 35.9 Å². The van der Waals surface area contributed by atoms with Gasteiger partial charge in [0.25, 0.3) is 5.91 Å². The number of hydrogen-bond acceptors (Lipinski definition) is 4. The molecule has 0 aromatic heterocycles. The quantitative estimate of drug-likeness (QED) is 0.717. The highest BCUT2D eigenvalue weighted by Gasteiger charge is 2.12. The minimum atomic E-state index is -1.68. The standard InChI is InChI=1S/C15H15BrN2O4S/c1-22-13-7-11(3-5-14(13)23(17)21)18-15(20)9-2-4-12(16)10(6-9)8-19/h2-7,19H,8,17H2,1H3,(H,18,20). The molecule has 0 spiro atoms. The summed E-state index contributed by atoms with van der Waals surface area (Å²) in [6, 6.07) is 9.60. The van der Waals surface area contributed by atoms with Crippen LogP contribution in [0.4, 0.5) is 5.69 Å². The Morgan fingerprint density at radius 3 is 2.70 bits per heavy atom. The zero-order valence-corrected chi connectivity index (χ0v) is 14.6. The van der Waals surface area contributed by atoms with E-state index in [2.05, 4.69) is 21.2 Å². The lowest BCUT2D eigenvalue weighted by Crippen LogP contribution is -2.13. The molecule has 0 saturated carbocycles. The minimum Gasteiger partial charge on any atom is -0.495 e. The molecule has 1 unspecified atom stereocenters. The van der Waals surface area contributed by atoms with E-state index in [1.54, 1.807) is 30.3 Å². The second-order valence-corrected chi connectivity index (χ2v) is 6.47. The predicted octanol–water partition coefficient (Wildman–Crippen LogP) is 2.18. The fourth-order valence-corrected chi connectivity index (χ4v) is 2.87. The van der Waals surface area contributed by atoms with Crippen molar-refractivity contribution >= 4 is 38.5 Å². The Morgan fingerprint density at radius 1 is 1.35 bits per heavy atom. The van der Waals surface area contributed by atoms with Crippen molar-refractivity contribution in [2.45, 2.75) is 11.5 Å². The van der Waals surface area contributed by atoms with Gasteiger partial charge in [-0.1, -0.05) is 15.9 Å². The molecule has 4 N–H and O–H groups in total. The Kier molecular flexibility index (Phi) is 5.89. The van der Waals surface area contributed by atoms with E-state index >= 15 is 0 Å². The van der Waals surface area contributed by atoms with Crippen LogP contribution in [0, 0.1) is 0 Å². The van der Waals surface area contributed by atoms with Gasteiger partial charge in [0.05, 0.1) is 18.6 Å². The second kappa shape index (κ2) is 7.69. The number of methoxy groups -OCH3 is 1. The number of rotatable bonds is 5. The Labute approximate surface area is 144 Å². The summed E-state index contributed by atoms with van der Waals surface area (Å²) in [4.78, 5) is 12.6. The second-order valence-electron chi connectivity index (χ2n) is 4.58. The Bertz CT molecular complexity index is 767. The van der Waals surface area contributed by atoms with E-state index in [-0.39, 0.29) is 12.5 Å². The van der Waals surface area contributed by atoms with Crippen LogP contribution >= 0.6 is 15.9 Å². The number of amides is 1.